The van der Waals surface area contributed by atoms with Gasteiger partial charge in [-0.2, -0.15) is 0 Å². The third-order valence-corrected chi connectivity index (χ3v) is 3.39. The van der Waals surface area contributed by atoms with Crippen molar-refractivity contribution in [3.8, 4) is 0 Å². The van der Waals surface area contributed by atoms with Crippen molar-refractivity contribution in [3.05, 3.63) is 34.1 Å². The molecular weight excluding hydrogens is 299 g/mol. The van der Waals surface area contributed by atoms with Gasteiger partial charge in [0.1, 0.15) is 5.82 Å². The minimum absolute atomic E-state index is 0.0358. The monoisotopic (exact) mass is 318 g/mol. The maximum Gasteiger partial charge on any atom is 0.124 e. The lowest BCUT2D eigenvalue weighted by Crippen LogP contribution is -2.42. The Kier molecular flexibility index (Phi) is 5.72. The summed E-state index contributed by atoms with van der Waals surface area (Å²) < 4.78 is 19.4. The predicted octanol–water partition coefficient (Wildman–Crippen LogP) is 2.78. The number of methoxy groups -OCH3 is 1. The Morgan fingerprint density at radius 2 is 2.11 bits per heavy atom. The number of hydrogen-bond acceptors (Lipinski definition) is 3. The molecule has 0 aromatic heterocycles. The fraction of sp³-hybridized carbons (Fsp3) is 0.538. The molecule has 3 N–H and O–H groups in total. The number of benzene rings is 1. The van der Waals surface area contributed by atoms with Gasteiger partial charge in [0.2, 0.25) is 0 Å². The zero-order valence-corrected chi connectivity index (χ0v) is 12.6. The third kappa shape index (κ3) is 5.02. The molecule has 5 heteroatoms. The molecule has 0 amide bonds. The molecule has 102 valence electrons. The average molecular weight is 319 g/mol. The summed E-state index contributed by atoms with van der Waals surface area (Å²) in [6.07, 6.45) is 1.40. The zero-order valence-electron chi connectivity index (χ0n) is 11.0. The fourth-order valence-corrected chi connectivity index (χ4v) is 2.39. The third-order valence-electron chi connectivity index (χ3n) is 2.93. The second kappa shape index (κ2) is 6.61. The molecule has 0 bridgehead atoms. The number of hydrogen-bond donors (Lipinski definition) is 2. The first-order valence-electron chi connectivity index (χ1n) is 5.82. The number of nitrogens with two attached hydrogens (primary N) is 1. The molecule has 0 aliphatic rings. The highest BCUT2D eigenvalue weighted by Gasteiger charge is 2.22. The van der Waals surface area contributed by atoms with Crippen LogP contribution in [-0.4, -0.2) is 18.8 Å². The summed E-state index contributed by atoms with van der Waals surface area (Å²) in [6, 6.07) is 4.89. The van der Waals surface area contributed by atoms with Crippen molar-refractivity contribution < 1.29 is 9.13 Å². The minimum atomic E-state index is -0.262. The van der Waals surface area contributed by atoms with Crippen molar-refractivity contribution in [2.75, 3.05) is 7.11 Å². The molecule has 0 saturated heterocycles. The molecule has 0 heterocycles. The molecule has 1 unspecified atom stereocenters. The lowest BCUT2D eigenvalue weighted by Gasteiger charge is -2.28. The molecular formula is C13H20BrFN2O. The highest BCUT2D eigenvalue weighted by Crippen LogP contribution is 2.20. The van der Waals surface area contributed by atoms with Crippen LogP contribution in [0.1, 0.15) is 25.8 Å². The molecule has 0 radical (unpaired) electrons. The molecule has 0 fully saturated rings. The quantitative estimate of drug-likeness (QED) is 0.626. The van der Waals surface area contributed by atoms with Gasteiger partial charge in [-0.1, -0.05) is 15.9 Å². The van der Waals surface area contributed by atoms with E-state index in [9.17, 15) is 4.39 Å². The first kappa shape index (κ1) is 15.6. The van der Waals surface area contributed by atoms with Crippen LogP contribution in [0.25, 0.3) is 0 Å². The Bertz CT molecular complexity index is 378. The number of nitrogens with one attached hydrogen (secondary N) is 1. The van der Waals surface area contributed by atoms with E-state index in [1.54, 1.807) is 7.11 Å². The van der Waals surface area contributed by atoms with Gasteiger partial charge in [0.25, 0.3) is 0 Å². The number of halogens is 2. The Hall–Kier alpha value is -0.490. The van der Waals surface area contributed by atoms with Crippen LogP contribution in [0, 0.1) is 5.82 Å². The van der Waals surface area contributed by atoms with Crippen LogP contribution >= 0.6 is 15.9 Å². The Balaban J connectivity index is 2.73. The first-order valence-corrected chi connectivity index (χ1v) is 6.62. The summed E-state index contributed by atoms with van der Waals surface area (Å²) >= 11 is 3.28. The summed E-state index contributed by atoms with van der Waals surface area (Å²) in [5.74, 6) is 5.30. The molecule has 0 saturated carbocycles. The smallest absolute Gasteiger partial charge is 0.124 e. The van der Waals surface area contributed by atoms with Gasteiger partial charge < -0.3 is 4.74 Å². The molecule has 1 aromatic rings. The van der Waals surface area contributed by atoms with E-state index in [2.05, 4.69) is 21.4 Å². The lowest BCUT2D eigenvalue weighted by atomic mass is 9.94. The van der Waals surface area contributed by atoms with E-state index in [1.807, 2.05) is 19.9 Å². The van der Waals surface area contributed by atoms with Crippen molar-refractivity contribution in [2.24, 2.45) is 5.84 Å². The molecule has 1 atom stereocenters. The van der Waals surface area contributed by atoms with E-state index >= 15 is 0 Å². The SMILES string of the molecule is COC(C)(C)CC(Cc1cc(F)cc(Br)c1)NN. The summed E-state index contributed by atoms with van der Waals surface area (Å²) in [4.78, 5) is 0. The molecule has 3 nitrogen and oxygen atoms in total. The van der Waals surface area contributed by atoms with Crippen LogP contribution in [0.4, 0.5) is 4.39 Å². The van der Waals surface area contributed by atoms with Crippen molar-refractivity contribution >= 4 is 15.9 Å². The van der Waals surface area contributed by atoms with Crippen LogP contribution in [0.2, 0.25) is 0 Å². The van der Waals surface area contributed by atoms with Crippen molar-refractivity contribution in [3.63, 3.8) is 0 Å². The van der Waals surface area contributed by atoms with Crippen molar-refractivity contribution in [1.29, 1.82) is 0 Å². The summed E-state index contributed by atoms with van der Waals surface area (Å²) in [5.41, 5.74) is 3.40. The maximum atomic E-state index is 13.3. The van der Waals surface area contributed by atoms with E-state index in [0.717, 1.165) is 16.5 Å². The van der Waals surface area contributed by atoms with Gasteiger partial charge in [-0.3, -0.25) is 11.3 Å². The largest absolute Gasteiger partial charge is 0.379 e. The number of ether oxygens (including phenoxy) is 1. The van der Waals surface area contributed by atoms with Crippen LogP contribution in [-0.2, 0) is 11.2 Å². The summed E-state index contributed by atoms with van der Waals surface area (Å²) in [5, 5.41) is 0. The minimum Gasteiger partial charge on any atom is -0.379 e. The van der Waals surface area contributed by atoms with E-state index in [4.69, 9.17) is 10.6 Å². The van der Waals surface area contributed by atoms with Gasteiger partial charge in [-0.15, -0.1) is 0 Å². The van der Waals surface area contributed by atoms with Crippen LogP contribution in [0.15, 0.2) is 22.7 Å². The van der Waals surface area contributed by atoms with Gasteiger partial charge in [0, 0.05) is 17.6 Å². The second-order valence-corrected chi connectivity index (χ2v) is 5.93. The van der Waals surface area contributed by atoms with E-state index in [0.29, 0.717) is 6.42 Å². The van der Waals surface area contributed by atoms with Gasteiger partial charge in [0.05, 0.1) is 5.60 Å². The average Bonchev–Trinajstić information content (AvgIpc) is 2.26. The molecule has 18 heavy (non-hydrogen) atoms. The molecule has 1 rings (SSSR count). The lowest BCUT2D eigenvalue weighted by molar-refractivity contribution is 0.00710. The molecule has 0 aliphatic carbocycles. The van der Waals surface area contributed by atoms with Crippen molar-refractivity contribution in [2.45, 2.75) is 38.3 Å². The van der Waals surface area contributed by atoms with E-state index < -0.39 is 0 Å². The maximum absolute atomic E-state index is 13.3. The number of hydrazine groups is 1. The van der Waals surface area contributed by atoms with Gasteiger partial charge in [0.15, 0.2) is 0 Å². The molecule has 0 spiro atoms. The van der Waals surface area contributed by atoms with Crippen LogP contribution in [0.3, 0.4) is 0 Å². The molecule has 0 aliphatic heterocycles. The standard InChI is InChI=1S/C13H20BrFN2O/c1-13(2,18-3)8-12(17-16)6-9-4-10(14)7-11(15)5-9/h4-5,7,12,17H,6,8,16H2,1-3H3. The van der Waals surface area contributed by atoms with Gasteiger partial charge in [-0.25, -0.2) is 4.39 Å². The Morgan fingerprint density at radius 3 is 2.61 bits per heavy atom. The zero-order chi connectivity index (χ0) is 13.8. The summed E-state index contributed by atoms with van der Waals surface area (Å²) in [6.45, 7) is 4.00. The topological polar surface area (TPSA) is 47.3 Å². The van der Waals surface area contributed by atoms with Crippen LogP contribution in [0.5, 0.6) is 0 Å². The van der Waals surface area contributed by atoms with Gasteiger partial charge in [-0.05, 0) is 50.5 Å². The molecule has 1 aromatic carbocycles. The Morgan fingerprint density at radius 1 is 1.44 bits per heavy atom. The normalized spacial score (nSPS) is 13.7. The second-order valence-electron chi connectivity index (χ2n) is 5.01. The Labute approximate surface area is 116 Å². The first-order chi connectivity index (χ1) is 8.36. The fourth-order valence-electron chi connectivity index (χ4n) is 1.88. The predicted molar refractivity (Wildman–Crippen MR) is 74.6 cm³/mol. The van der Waals surface area contributed by atoms with Crippen LogP contribution < -0.4 is 11.3 Å². The number of rotatable bonds is 6. The van der Waals surface area contributed by atoms with E-state index in [1.165, 1.54) is 12.1 Å². The van der Waals surface area contributed by atoms with Crippen molar-refractivity contribution in [1.82, 2.24) is 5.43 Å². The summed E-state index contributed by atoms with van der Waals surface area (Å²) in [7, 11) is 1.67. The highest BCUT2D eigenvalue weighted by atomic mass is 79.9. The van der Waals surface area contributed by atoms with E-state index in [-0.39, 0.29) is 17.5 Å². The highest BCUT2D eigenvalue weighted by molar-refractivity contribution is 9.10. The van der Waals surface area contributed by atoms with Gasteiger partial charge >= 0.3 is 0 Å².